The zero-order chi connectivity index (χ0) is 15.4. The van der Waals surface area contributed by atoms with Crippen molar-refractivity contribution in [2.75, 3.05) is 12.4 Å². The van der Waals surface area contributed by atoms with Gasteiger partial charge in [-0.3, -0.25) is 0 Å². The van der Waals surface area contributed by atoms with Gasteiger partial charge in [0.25, 0.3) is 0 Å². The molecule has 0 radical (unpaired) electrons. The number of benzene rings is 1. The predicted octanol–water partition coefficient (Wildman–Crippen LogP) is 3.60. The first-order chi connectivity index (χ1) is 10.7. The highest BCUT2D eigenvalue weighted by molar-refractivity contribution is 5.62. The van der Waals surface area contributed by atoms with Gasteiger partial charge in [0.15, 0.2) is 0 Å². The van der Waals surface area contributed by atoms with Crippen LogP contribution in [0.1, 0.15) is 5.56 Å². The number of hydrogen-bond donors (Lipinski definition) is 1. The Balaban J connectivity index is 1.84. The van der Waals surface area contributed by atoms with Gasteiger partial charge in [-0.25, -0.2) is 15.0 Å². The lowest BCUT2D eigenvalue weighted by atomic mass is 10.1. The van der Waals surface area contributed by atoms with Crippen molar-refractivity contribution in [1.29, 1.82) is 0 Å². The quantitative estimate of drug-likeness (QED) is 0.796. The van der Waals surface area contributed by atoms with Gasteiger partial charge in [-0.05, 0) is 25.1 Å². The number of rotatable bonds is 4. The van der Waals surface area contributed by atoms with E-state index in [4.69, 9.17) is 4.74 Å². The molecule has 0 fully saturated rings. The van der Waals surface area contributed by atoms with Crippen LogP contribution in [-0.2, 0) is 0 Å². The fourth-order valence-corrected chi connectivity index (χ4v) is 2.09. The van der Waals surface area contributed by atoms with Crippen molar-refractivity contribution >= 4 is 11.6 Å². The summed E-state index contributed by atoms with van der Waals surface area (Å²) < 4.78 is 5.04. The molecule has 2 heterocycles. The molecular formula is C17H16N4O. The summed E-state index contributed by atoms with van der Waals surface area (Å²) in [6.07, 6.45) is 3.42. The second-order valence-corrected chi connectivity index (χ2v) is 4.85. The molecular weight excluding hydrogens is 276 g/mol. The van der Waals surface area contributed by atoms with Gasteiger partial charge in [0.05, 0.1) is 24.7 Å². The van der Waals surface area contributed by atoms with Gasteiger partial charge in [-0.1, -0.05) is 23.8 Å². The van der Waals surface area contributed by atoms with Crippen LogP contribution in [-0.4, -0.2) is 22.1 Å². The van der Waals surface area contributed by atoms with Crippen molar-refractivity contribution in [2.45, 2.75) is 6.92 Å². The number of nitrogens with zero attached hydrogens (tertiary/aromatic N) is 3. The second-order valence-electron chi connectivity index (χ2n) is 4.85. The van der Waals surface area contributed by atoms with E-state index < -0.39 is 0 Å². The zero-order valence-electron chi connectivity index (χ0n) is 12.4. The maximum atomic E-state index is 5.04. The largest absolute Gasteiger partial charge is 0.481 e. The van der Waals surface area contributed by atoms with Gasteiger partial charge in [0.1, 0.15) is 0 Å². The molecule has 0 atom stereocenters. The van der Waals surface area contributed by atoms with E-state index in [1.807, 2.05) is 24.3 Å². The minimum absolute atomic E-state index is 0.533. The van der Waals surface area contributed by atoms with Crippen molar-refractivity contribution in [3.8, 4) is 17.1 Å². The summed E-state index contributed by atoms with van der Waals surface area (Å²) in [5, 5.41) is 3.14. The number of nitrogens with one attached hydrogen (secondary N) is 1. The summed E-state index contributed by atoms with van der Waals surface area (Å²) in [6, 6.07) is 13.8. The Bertz CT molecular complexity index is 772. The molecule has 5 nitrogen and oxygen atoms in total. The summed E-state index contributed by atoms with van der Waals surface area (Å²) in [6.45, 7) is 2.06. The summed E-state index contributed by atoms with van der Waals surface area (Å²) >= 11 is 0. The van der Waals surface area contributed by atoms with Crippen LogP contribution in [0.2, 0.25) is 0 Å². The lowest BCUT2D eigenvalue weighted by molar-refractivity contribution is 0.398. The van der Waals surface area contributed by atoms with Crippen LogP contribution in [0, 0.1) is 6.92 Å². The standard InChI is InChI=1S/C17H16N4O/c1-12-4-3-5-13(10-12)15-8-9-18-17(21-15)20-14-6-7-16(22-2)19-11-14/h3-11H,1-2H3,(H,18,20,21). The van der Waals surface area contributed by atoms with Gasteiger partial charge in [-0.2, -0.15) is 0 Å². The molecule has 3 aromatic rings. The van der Waals surface area contributed by atoms with Gasteiger partial charge in [0, 0.05) is 17.8 Å². The lowest BCUT2D eigenvalue weighted by Crippen LogP contribution is -1.98. The number of anilines is 2. The Morgan fingerprint density at radius 2 is 1.95 bits per heavy atom. The van der Waals surface area contributed by atoms with Gasteiger partial charge >= 0.3 is 0 Å². The van der Waals surface area contributed by atoms with Gasteiger partial charge in [-0.15, -0.1) is 0 Å². The Morgan fingerprint density at radius 1 is 1.05 bits per heavy atom. The third-order valence-corrected chi connectivity index (χ3v) is 3.17. The number of aromatic nitrogens is 3. The van der Waals surface area contributed by atoms with Crippen LogP contribution in [0.4, 0.5) is 11.6 Å². The van der Waals surface area contributed by atoms with Crippen LogP contribution >= 0.6 is 0 Å². The van der Waals surface area contributed by atoms with E-state index in [1.165, 1.54) is 5.56 Å². The lowest BCUT2D eigenvalue weighted by Gasteiger charge is -2.07. The van der Waals surface area contributed by atoms with E-state index in [-0.39, 0.29) is 0 Å². The molecule has 22 heavy (non-hydrogen) atoms. The Labute approximate surface area is 129 Å². The first kappa shape index (κ1) is 14.0. The highest BCUT2D eigenvalue weighted by Crippen LogP contribution is 2.20. The molecule has 1 N–H and O–H groups in total. The highest BCUT2D eigenvalue weighted by atomic mass is 16.5. The SMILES string of the molecule is COc1ccc(Nc2nccc(-c3cccc(C)c3)n2)cn1. The van der Waals surface area contributed by atoms with Crippen molar-refractivity contribution in [3.05, 3.63) is 60.4 Å². The van der Waals surface area contributed by atoms with E-state index in [2.05, 4.69) is 39.3 Å². The third-order valence-electron chi connectivity index (χ3n) is 3.17. The predicted molar refractivity (Wildman–Crippen MR) is 86.3 cm³/mol. The average molecular weight is 292 g/mol. The Hall–Kier alpha value is -2.95. The number of aryl methyl sites for hydroxylation is 1. The fraction of sp³-hybridized carbons (Fsp3) is 0.118. The topological polar surface area (TPSA) is 59.9 Å². The molecule has 2 aromatic heterocycles. The number of methoxy groups -OCH3 is 1. The van der Waals surface area contributed by atoms with Crippen LogP contribution in [0.15, 0.2) is 54.9 Å². The molecule has 0 spiro atoms. The van der Waals surface area contributed by atoms with E-state index in [0.29, 0.717) is 11.8 Å². The van der Waals surface area contributed by atoms with Crippen molar-refractivity contribution in [1.82, 2.24) is 15.0 Å². The molecule has 0 amide bonds. The average Bonchev–Trinajstić information content (AvgIpc) is 2.56. The zero-order valence-corrected chi connectivity index (χ0v) is 12.4. The first-order valence-corrected chi connectivity index (χ1v) is 6.92. The molecule has 0 saturated heterocycles. The van der Waals surface area contributed by atoms with E-state index in [1.54, 1.807) is 25.6 Å². The molecule has 3 rings (SSSR count). The van der Waals surface area contributed by atoms with Crippen LogP contribution in [0.5, 0.6) is 5.88 Å². The van der Waals surface area contributed by atoms with E-state index >= 15 is 0 Å². The normalized spacial score (nSPS) is 10.3. The van der Waals surface area contributed by atoms with Gasteiger partial charge in [0.2, 0.25) is 11.8 Å². The summed E-state index contributed by atoms with van der Waals surface area (Å²) in [4.78, 5) is 12.9. The summed E-state index contributed by atoms with van der Waals surface area (Å²) in [7, 11) is 1.59. The van der Waals surface area contributed by atoms with Crippen molar-refractivity contribution < 1.29 is 4.74 Å². The van der Waals surface area contributed by atoms with Gasteiger partial charge < -0.3 is 10.1 Å². The molecule has 0 aliphatic carbocycles. The second kappa shape index (κ2) is 6.22. The van der Waals surface area contributed by atoms with Crippen molar-refractivity contribution in [2.24, 2.45) is 0 Å². The van der Waals surface area contributed by atoms with Crippen LogP contribution in [0.3, 0.4) is 0 Å². The molecule has 0 aliphatic rings. The molecule has 5 heteroatoms. The van der Waals surface area contributed by atoms with Crippen LogP contribution in [0.25, 0.3) is 11.3 Å². The monoisotopic (exact) mass is 292 g/mol. The number of hydrogen-bond acceptors (Lipinski definition) is 5. The molecule has 1 aromatic carbocycles. The summed E-state index contributed by atoms with van der Waals surface area (Å²) in [5.74, 6) is 1.10. The maximum absolute atomic E-state index is 5.04. The molecule has 0 saturated carbocycles. The molecule has 0 bridgehead atoms. The Morgan fingerprint density at radius 3 is 2.68 bits per heavy atom. The minimum atomic E-state index is 0.533. The first-order valence-electron chi connectivity index (χ1n) is 6.92. The van der Waals surface area contributed by atoms with Crippen molar-refractivity contribution in [3.63, 3.8) is 0 Å². The fourth-order valence-electron chi connectivity index (χ4n) is 2.09. The highest BCUT2D eigenvalue weighted by Gasteiger charge is 2.03. The number of pyridine rings is 1. The number of ether oxygens (including phenoxy) is 1. The molecule has 0 aliphatic heterocycles. The van der Waals surface area contributed by atoms with E-state index in [0.717, 1.165) is 16.9 Å². The molecule has 0 unspecified atom stereocenters. The minimum Gasteiger partial charge on any atom is -0.481 e. The smallest absolute Gasteiger partial charge is 0.227 e. The third kappa shape index (κ3) is 3.20. The van der Waals surface area contributed by atoms with E-state index in [9.17, 15) is 0 Å². The maximum Gasteiger partial charge on any atom is 0.227 e. The Kier molecular flexibility index (Phi) is 3.96. The summed E-state index contributed by atoms with van der Waals surface area (Å²) in [5.41, 5.74) is 3.95. The van der Waals surface area contributed by atoms with Crippen LogP contribution < -0.4 is 10.1 Å². The molecule has 110 valence electrons.